The summed E-state index contributed by atoms with van der Waals surface area (Å²) in [6.07, 6.45) is 4.94. The number of nitrogens with zero attached hydrogens (tertiary/aromatic N) is 2. The maximum atomic E-state index is 11.8. The zero-order chi connectivity index (χ0) is 12.7. The van der Waals surface area contributed by atoms with Gasteiger partial charge in [-0.25, -0.2) is 0 Å². The van der Waals surface area contributed by atoms with Crippen LogP contribution in [0.15, 0.2) is 24.5 Å². The van der Waals surface area contributed by atoms with Crippen LogP contribution in [0.2, 0.25) is 0 Å². The first-order valence-electron chi connectivity index (χ1n) is 5.96. The van der Waals surface area contributed by atoms with Gasteiger partial charge in [-0.3, -0.25) is 9.78 Å². The second kappa shape index (κ2) is 7.01. The molecular formula is C13H21N3O. The molecule has 4 nitrogen and oxygen atoms in total. The first kappa shape index (κ1) is 13.6. The number of likely N-dealkylation sites (N-methyl/N-ethyl adjacent to an activating group) is 1. The number of aromatic nitrogens is 1. The van der Waals surface area contributed by atoms with E-state index in [1.807, 2.05) is 26.1 Å². The van der Waals surface area contributed by atoms with Gasteiger partial charge in [0.1, 0.15) is 0 Å². The Balaban J connectivity index is 2.34. The first-order valence-corrected chi connectivity index (χ1v) is 5.96. The van der Waals surface area contributed by atoms with Crippen molar-refractivity contribution in [1.29, 1.82) is 0 Å². The number of nitrogens with two attached hydrogens (primary N) is 1. The average molecular weight is 235 g/mol. The highest BCUT2D eigenvalue weighted by Crippen LogP contribution is 2.04. The molecule has 0 fully saturated rings. The van der Waals surface area contributed by atoms with E-state index >= 15 is 0 Å². The van der Waals surface area contributed by atoms with Crippen LogP contribution in [-0.4, -0.2) is 35.9 Å². The monoisotopic (exact) mass is 235 g/mol. The molecule has 0 bridgehead atoms. The second-order valence-electron chi connectivity index (χ2n) is 4.47. The number of pyridine rings is 1. The normalized spacial score (nSPS) is 12.2. The second-order valence-corrected chi connectivity index (χ2v) is 4.47. The molecule has 1 unspecified atom stereocenters. The largest absolute Gasteiger partial charge is 0.345 e. The lowest BCUT2D eigenvalue weighted by Crippen LogP contribution is -2.31. The van der Waals surface area contributed by atoms with Gasteiger partial charge >= 0.3 is 0 Å². The third-order valence-corrected chi connectivity index (χ3v) is 2.84. The highest BCUT2D eigenvalue weighted by Gasteiger charge is 2.12. The zero-order valence-electron chi connectivity index (χ0n) is 10.6. The van der Waals surface area contributed by atoms with Gasteiger partial charge in [0.15, 0.2) is 0 Å². The van der Waals surface area contributed by atoms with Crippen molar-refractivity contribution >= 4 is 5.91 Å². The third kappa shape index (κ3) is 4.95. The Kier molecular flexibility index (Phi) is 5.63. The Morgan fingerprint density at radius 1 is 1.47 bits per heavy atom. The molecule has 1 aromatic rings. The van der Waals surface area contributed by atoms with Gasteiger partial charge < -0.3 is 10.6 Å². The zero-order valence-corrected chi connectivity index (χ0v) is 10.6. The highest BCUT2D eigenvalue weighted by atomic mass is 16.2. The Labute approximate surface area is 103 Å². The minimum absolute atomic E-state index is 0.164. The molecule has 0 spiro atoms. The van der Waals surface area contributed by atoms with E-state index in [9.17, 15) is 4.79 Å². The fourth-order valence-electron chi connectivity index (χ4n) is 1.51. The van der Waals surface area contributed by atoms with Gasteiger partial charge in [-0.15, -0.1) is 0 Å². The first-order chi connectivity index (χ1) is 8.13. The van der Waals surface area contributed by atoms with Crippen molar-refractivity contribution in [2.24, 2.45) is 11.7 Å². The lowest BCUT2D eigenvalue weighted by atomic mass is 10.1. The number of hydrogen-bond donors (Lipinski definition) is 1. The molecular weight excluding hydrogens is 214 g/mol. The van der Waals surface area contributed by atoms with Crippen LogP contribution in [0.25, 0.3) is 0 Å². The molecule has 1 aromatic heterocycles. The van der Waals surface area contributed by atoms with E-state index in [1.54, 1.807) is 17.3 Å². The summed E-state index contributed by atoms with van der Waals surface area (Å²) in [5.74, 6) is 0.419. The topological polar surface area (TPSA) is 59.2 Å². The van der Waals surface area contributed by atoms with Crippen LogP contribution in [0.5, 0.6) is 0 Å². The van der Waals surface area contributed by atoms with Crippen LogP contribution < -0.4 is 5.73 Å². The molecule has 0 saturated carbocycles. The number of hydrogen-bond acceptors (Lipinski definition) is 3. The van der Waals surface area contributed by atoms with Crippen LogP contribution in [0.3, 0.4) is 0 Å². The molecule has 0 aliphatic rings. The molecule has 1 rings (SSSR count). The minimum atomic E-state index is 0.164. The maximum absolute atomic E-state index is 11.8. The van der Waals surface area contributed by atoms with E-state index in [0.29, 0.717) is 13.0 Å². The molecule has 0 aliphatic heterocycles. The Morgan fingerprint density at radius 2 is 2.12 bits per heavy atom. The quantitative estimate of drug-likeness (QED) is 0.802. The molecule has 0 saturated heterocycles. The van der Waals surface area contributed by atoms with Gasteiger partial charge in [0, 0.05) is 32.4 Å². The van der Waals surface area contributed by atoms with Gasteiger partial charge in [0.05, 0.1) is 0 Å². The van der Waals surface area contributed by atoms with E-state index in [-0.39, 0.29) is 11.8 Å². The van der Waals surface area contributed by atoms with Gasteiger partial charge in [-0.1, -0.05) is 6.92 Å². The van der Waals surface area contributed by atoms with E-state index < -0.39 is 0 Å². The summed E-state index contributed by atoms with van der Waals surface area (Å²) in [6, 6.07) is 3.95. The molecule has 1 amide bonds. The van der Waals surface area contributed by atoms with Crippen molar-refractivity contribution in [2.45, 2.75) is 19.8 Å². The van der Waals surface area contributed by atoms with Crippen molar-refractivity contribution in [1.82, 2.24) is 9.88 Å². The third-order valence-electron chi connectivity index (χ3n) is 2.84. The van der Waals surface area contributed by atoms with Gasteiger partial charge in [-0.05, 0) is 36.6 Å². The van der Waals surface area contributed by atoms with Gasteiger partial charge in [0.25, 0.3) is 0 Å². The summed E-state index contributed by atoms with van der Waals surface area (Å²) in [6.45, 7) is 3.29. The van der Waals surface area contributed by atoms with Gasteiger partial charge in [-0.2, -0.15) is 0 Å². The number of amides is 1. The minimum Gasteiger partial charge on any atom is -0.345 e. The molecule has 0 aromatic carbocycles. The van der Waals surface area contributed by atoms with E-state index in [1.165, 1.54) is 5.56 Å². The Bertz CT molecular complexity index is 340. The van der Waals surface area contributed by atoms with Crippen molar-refractivity contribution in [2.75, 3.05) is 20.1 Å². The lowest BCUT2D eigenvalue weighted by Gasteiger charge is -2.19. The van der Waals surface area contributed by atoms with Crippen LogP contribution in [0.4, 0.5) is 0 Å². The molecule has 0 aliphatic carbocycles. The van der Waals surface area contributed by atoms with Crippen LogP contribution in [0, 0.1) is 5.92 Å². The van der Waals surface area contributed by atoms with E-state index in [4.69, 9.17) is 5.73 Å². The number of carbonyl (C=O) groups is 1. The maximum Gasteiger partial charge on any atom is 0.222 e. The van der Waals surface area contributed by atoms with Gasteiger partial charge in [0.2, 0.25) is 5.91 Å². The lowest BCUT2D eigenvalue weighted by molar-refractivity contribution is -0.130. The smallest absolute Gasteiger partial charge is 0.222 e. The fourth-order valence-corrected chi connectivity index (χ4v) is 1.51. The van der Waals surface area contributed by atoms with Crippen molar-refractivity contribution in [3.05, 3.63) is 30.1 Å². The van der Waals surface area contributed by atoms with Crippen LogP contribution in [-0.2, 0) is 11.2 Å². The Hall–Kier alpha value is -1.42. The molecule has 4 heteroatoms. The summed E-state index contributed by atoms with van der Waals surface area (Å²) < 4.78 is 0. The summed E-state index contributed by atoms with van der Waals surface area (Å²) >= 11 is 0. The molecule has 94 valence electrons. The SMILES string of the molecule is CC(CN)CC(=O)N(C)CCc1ccncc1. The predicted molar refractivity (Wildman–Crippen MR) is 68.4 cm³/mol. The number of carbonyl (C=O) groups excluding carboxylic acids is 1. The van der Waals surface area contributed by atoms with E-state index in [0.717, 1.165) is 13.0 Å². The average Bonchev–Trinajstić information content (AvgIpc) is 2.36. The Morgan fingerprint density at radius 3 is 2.71 bits per heavy atom. The molecule has 1 atom stereocenters. The number of rotatable bonds is 6. The summed E-state index contributed by atoms with van der Waals surface area (Å²) in [5, 5.41) is 0. The van der Waals surface area contributed by atoms with Crippen LogP contribution >= 0.6 is 0 Å². The summed E-state index contributed by atoms with van der Waals surface area (Å²) in [5.41, 5.74) is 6.71. The highest BCUT2D eigenvalue weighted by molar-refractivity contribution is 5.76. The standard InChI is InChI=1S/C13H21N3O/c1-11(10-14)9-13(17)16(2)8-5-12-3-6-15-7-4-12/h3-4,6-7,11H,5,8-10,14H2,1-2H3. The predicted octanol–water partition coefficient (Wildman–Crippen LogP) is 1.07. The van der Waals surface area contributed by atoms with Crippen LogP contribution in [0.1, 0.15) is 18.9 Å². The molecule has 1 heterocycles. The fraction of sp³-hybridized carbons (Fsp3) is 0.538. The van der Waals surface area contributed by atoms with Crippen molar-refractivity contribution in [3.63, 3.8) is 0 Å². The summed E-state index contributed by atoms with van der Waals surface area (Å²) in [7, 11) is 1.84. The molecule has 2 N–H and O–H groups in total. The van der Waals surface area contributed by atoms with E-state index in [2.05, 4.69) is 4.98 Å². The molecule has 17 heavy (non-hydrogen) atoms. The van der Waals surface area contributed by atoms with Crippen molar-refractivity contribution < 1.29 is 4.79 Å². The van der Waals surface area contributed by atoms with Crippen molar-refractivity contribution in [3.8, 4) is 0 Å². The summed E-state index contributed by atoms with van der Waals surface area (Å²) in [4.78, 5) is 17.5. The molecule has 0 radical (unpaired) electrons.